The summed E-state index contributed by atoms with van der Waals surface area (Å²) in [6.07, 6.45) is 0.770. The van der Waals surface area contributed by atoms with Crippen LogP contribution in [0.25, 0.3) is 0 Å². The van der Waals surface area contributed by atoms with Crippen molar-refractivity contribution in [3.8, 4) is 0 Å². The first-order valence-electron chi connectivity index (χ1n) is 6.48. The molecule has 0 bridgehead atoms. The average Bonchev–Trinajstić information content (AvgIpc) is 2.48. The molecular weight excluding hydrogens is 252 g/mol. The summed E-state index contributed by atoms with van der Waals surface area (Å²) in [7, 11) is 0. The fourth-order valence-corrected chi connectivity index (χ4v) is 1.89. The fourth-order valence-electron chi connectivity index (χ4n) is 1.89. The second-order valence-electron chi connectivity index (χ2n) is 4.50. The minimum atomic E-state index is -0.533. The predicted octanol–water partition coefficient (Wildman–Crippen LogP) is 1.68. The van der Waals surface area contributed by atoms with Gasteiger partial charge in [0.05, 0.1) is 0 Å². The van der Waals surface area contributed by atoms with Crippen LogP contribution in [0.4, 0.5) is 5.82 Å². The van der Waals surface area contributed by atoms with Gasteiger partial charge in [0.2, 0.25) is 0 Å². The van der Waals surface area contributed by atoms with Crippen molar-refractivity contribution in [3.05, 3.63) is 59.8 Å². The number of carbonyl (C=O) groups excluding carboxylic acids is 1. The van der Waals surface area contributed by atoms with Crippen molar-refractivity contribution in [1.29, 1.82) is 0 Å². The molecule has 0 aliphatic rings. The number of pyridine rings is 1. The highest BCUT2D eigenvalue weighted by Crippen LogP contribution is 2.13. The number of anilines is 1. The van der Waals surface area contributed by atoms with Gasteiger partial charge in [-0.05, 0) is 24.1 Å². The molecule has 0 aliphatic heterocycles. The van der Waals surface area contributed by atoms with Crippen LogP contribution in [0.1, 0.15) is 28.5 Å². The van der Waals surface area contributed by atoms with Gasteiger partial charge in [0, 0.05) is 12.6 Å². The van der Waals surface area contributed by atoms with Crippen molar-refractivity contribution < 1.29 is 4.79 Å². The zero-order chi connectivity index (χ0) is 14.4. The van der Waals surface area contributed by atoms with Crippen LogP contribution in [0.5, 0.6) is 0 Å². The average molecular weight is 270 g/mol. The Balaban J connectivity index is 1.87. The number of rotatable bonds is 6. The van der Waals surface area contributed by atoms with Crippen molar-refractivity contribution in [3.63, 3.8) is 0 Å². The topological polar surface area (TPSA) is 94.0 Å². The molecule has 1 aromatic heterocycles. The standard InChI is InChI=1S/C15H18N4O/c16-12(11-5-2-1-3-6-11)9-10-18-14-8-4-7-13(19-14)15(17)20/h1-8,12H,9-10,16H2,(H2,17,20)(H,18,19). The monoisotopic (exact) mass is 270 g/mol. The lowest BCUT2D eigenvalue weighted by Crippen LogP contribution is -2.17. The van der Waals surface area contributed by atoms with E-state index in [0.29, 0.717) is 12.4 Å². The van der Waals surface area contributed by atoms with Gasteiger partial charge in [-0.25, -0.2) is 4.98 Å². The van der Waals surface area contributed by atoms with E-state index >= 15 is 0 Å². The van der Waals surface area contributed by atoms with Gasteiger partial charge >= 0.3 is 0 Å². The molecule has 5 nitrogen and oxygen atoms in total. The van der Waals surface area contributed by atoms with E-state index in [-0.39, 0.29) is 11.7 Å². The Bertz CT molecular complexity index is 571. The lowest BCUT2D eigenvalue weighted by Gasteiger charge is -2.13. The Morgan fingerprint density at radius 1 is 1.15 bits per heavy atom. The minimum absolute atomic E-state index is 0.0250. The number of nitrogens with zero attached hydrogens (tertiary/aromatic N) is 1. The first kappa shape index (κ1) is 14.0. The van der Waals surface area contributed by atoms with E-state index in [2.05, 4.69) is 10.3 Å². The summed E-state index contributed by atoms with van der Waals surface area (Å²) in [6.45, 7) is 0.672. The van der Waals surface area contributed by atoms with Gasteiger partial charge in [-0.15, -0.1) is 0 Å². The smallest absolute Gasteiger partial charge is 0.267 e. The van der Waals surface area contributed by atoms with Crippen LogP contribution in [0.3, 0.4) is 0 Å². The third-order valence-electron chi connectivity index (χ3n) is 2.99. The summed E-state index contributed by atoms with van der Waals surface area (Å²) in [5.41, 5.74) is 12.6. The lowest BCUT2D eigenvalue weighted by atomic mass is 10.1. The van der Waals surface area contributed by atoms with Crippen LogP contribution in [0, 0.1) is 0 Å². The summed E-state index contributed by atoms with van der Waals surface area (Å²) in [4.78, 5) is 15.1. The fraction of sp³-hybridized carbons (Fsp3) is 0.200. The molecule has 0 radical (unpaired) electrons. The third kappa shape index (κ3) is 3.80. The molecule has 2 rings (SSSR count). The van der Waals surface area contributed by atoms with Gasteiger partial charge in [-0.2, -0.15) is 0 Å². The van der Waals surface area contributed by atoms with E-state index in [1.54, 1.807) is 18.2 Å². The van der Waals surface area contributed by atoms with Crippen LogP contribution in [-0.4, -0.2) is 17.4 Å². The first-order chi connectivity index (χ1) is 9.66. The Morgan fingerprint density at radius 2 is 1.90 bits per heavy atom. The van der Waals surface area contributed by atoms with Crippen LogP contribution in [-0.2, 0) is 0 Å². The van der Waals surface area contributed by atoms with E-state index in [1.807, 2.05) is 30.3 Å². The van der Waals surface area contributed by atoms with E-state index in [9.17, 15) is 4.79 Å². The molecule has 20 heavy (non-hydrogen) atoms. The highest BCUT2D eigenvalue weighted by atomic mass is 16.1. The van der Waals surface area contributed by atoms with Gasteiger partial charge in [0.25, 0.3) is 5.91 Å². The zero-order valence-corrected chi connectivity index (χ0v) is 11.1. The number of hydrogen-bond acceptors (Lipinski definition) is 4. The molecule has 0 spiro atoms. The molecular formula is C15H18N4O. The van der Waals surface area contributed by atoms with Crippen LogP contribution in [0.2, 0.25) is 0 Å². The highest BCUT2D eigenvalue weighted by Gasteiger charge is 2.06. The van der Waals surface area contributed by atoms with Gasteiger partial charge in [0.15, 0.2) is 0 Å². The molecule has 1 atom stereocenters. The Kier molecular flexibility index (Phi) is 4.68. The SMILES string of the molecule is NC(=O)c1cccc(NCCC(N)c2ccccc2)n1. The summed E-state index contributed by atoms with van der Waals surface area (Å²) in [6, 6.07) is 15.0. The van der Waals surface area contributed by atoms with Crippen LogP contribution >= 0.6 is 0 Å². The van der Waals surface area contributed by atoms with Crippen molar-refractivity contribution in [2.24, 2.45) is 11.5 Å². The maximum atomic E-state index is 11.0. The van der Waals surface area contributed by atoms with Gasteiger partial charge in [0.1, 0.15) is 11.5 Å². The number of aromatic nitrogens is 1. The Hall–Kier alpha value is -2.40. The molecule has 0 aliphatic carbocycles. The summed E-state index contributed by atoms with van der Waals surface area (Å²) < 4.78 is 0. The largest absolute Gasteiger partial charge is 0.370 e. The number of carbonyl (C=O) groups is 1. The molecule has 2 aromatic rings. The molecule has 0 saturated heterocycles. The Labute approximate surface area is 118 Å². The predicted molar refractivity (Wildman–Crippen MR) is 79.2 cm³/mol. The van der Waals surface area contributed by atoms with E-state index in [1.165, 1.54) is 0 Å². The van der Waals surface area contributed by atoms with Crippen molar-refractivity contribution >= 4 is 11.7 Å². The lowest BCUT2D eigenvalue weighted by molar-refractivity contribution is 0.0995. The van der Waals surface area contributed by atoms with E-state index in [4.69, 9.17) is 11.5 Å². The normalized spacial score (nSPS) is 11.8. The molecule has 1 aromatic carbocycles. The molecule has 0 saturated carbocycles. The van der Waals surface area contributed by atoms with Crippen LogP contribution < -0.4 is 16.8 Å². The second kappa shape index (κ2) is 6.68. The van der Waals surface area contributed by atoms with Crippen molar-refractivity contribution in [2.45, 2.75) is 12.5 Å². The number of nitrogens with two attached hydrogens (primary N) is 2. The van der Waals surface area contributed by atoms with E-state index < -0.39 is 5.91 Å². The molecule has 0 fully saturated rings. The molecule has 1 heterocycles. The molecule has 1 amide bonds. The molecule has 5 heteroatoms. The maximum absolute atomic E-state index is 11.0. The number of hydrogen-bond donors (Lipinski definition) is 3. The number of benzene rings is 1. The minimum Gasteiger partial charge on any atom is -0.370 e. The van der Waals surface area contributed by atoms with Crippen molar-refractivity contribution in [2.75, 3.05) is 11.9 Å². The Morgan fingerprint density at radius 3 is 2.60 bits per heavy atom. The second-order valence-corrected chi connectivity index (χ2v) is 4.50. The third-order valence-corrected chi connectivity index (χ3v) is 2.99. The summed E-state index contributed by atoms with van der Waals surface area (Å²) in [5.74, 6) is 0.0937. The van der Waals surface area contributed by atoms with Gasteiger partial charge in [-0.3, -0.25) is 4.79 Å². The van der Waals surface area contributed by atoms with E-state index in [0.717, 1.165) is 12.0 Å². The summed E-state index contributed by atoms with van der Waals surface area (Å²) >= 11 is 0. The van der Waals surface area contributed by atoms with Gasteiger partial charge < -0.3 is 16.8 Å². The maximum Gasteiger partial charge on any atom is 0.267 e. The first-order valence-corrected chi connectivity index (χ1v) is 6.48. The quantitative estimate of drug-likeness (QED) is 0.744. The molecule has 104 valence electrons. The number of nitrogens with one attached hydrogen (secondary N) is 1. The molecule has 5 N–H and O–H groups in total. The summed E-state index contributed by atoms with van der Waals surface area (Å²) in [5, 5.41) is 3.14. The van der Waals surface area contributed by atoms with Crippen molar-refractivity contribution in [1.82, 2.24) is 4.98 Å². The number of amides is 1. The molecule has 1 unspecified atom stereocenters. The zero-order valence-electron chi connectivity index (χ0n) is 11.1. The number of primary amides is 1. The highest BCUT2D eigenvalue weighted by molar-refractivity contribution is 5.91. The van der Waals surface area contributed by atoms with Gasteiger partial charge in [-0.1, -0.05) is 36.4 Å². The van der Waals surface area contributed by atoms with Crippen LogP contribution in [0.15, 0.2) is 48.5 Å².